The van der Waals surface area contributed by atoms with Gasteiger partial charge < -0.3 is 19.8 Å². The normalized spacial score (nSPS) is 12.3. The van der Waals surface area contributed by atoms with Crippen LogP contribution in [-0.2, 0) is 9.59 Å². The van der Waals surface area contributed by atoms with Gasteiger partial charge >= 0.3 is 11.9 Å². The molecule has 0 spiro atoms. The van der Waals surface area contributed by atoms with E-state index in [0.717, 1.165) is 17.4 Å². The van der Waals surface area contributed by atoms with Crippen molar-refractivity contribution in [1.82, 2.24) is 0 Å². The topological polar surface area (TPSA) is 94.8 Å². The summed E-state index contributed by atoms with van der Waals surface area (Å²) in [6.45, 7) is 2.12. The van der Waals surface area contributed by atoms with E-state index in [-0.39, 0.29) is 6.42 Å². The third kappa shape index (κ3) is 18.6. The lowest BCUT2D eigenvalue weighted by atomic mass is 10.3. The lowest BCUT2D eigenvalue weighted by Crippen LogP contribution is -2.35. The number of carboxylic acid groups (broad SMARTS) is 2. The zero-order chi connectivity index (χ0) is 13.4. The van der Waals surface area contributed by atoms with E-state index in [1.807, 2.05) is 0 Å². The fourth-order valence-electron chi connectivity index (χ4n) is 0.705. The molecule has 6 nitrogen and oxygen atoms in total. The van der Waals surface area contributed by atoms with E-state index in [2.05, 4.69) is 21.1 Å². The third-order valence-corrected chi connectivity index (χ3v) is 1.58. The highest BCUT2D eigenvalue weighted by molar-refractivity contribution is 5.71. The molecule has 0 aliphatic carbocycles. The van der Waals surface area contributed by atoms with Crippen LogP contribution in [0.4, 0.5) is 0 Å². The molecule has 3 N–H and O–H groups in total. The first-order valence-electron chi connectivity index (χ1n) is 4.99. The van der Waals surface area contributed by atoms with Crippen LogP contribution in [-0.4, -0.2) is 65.5 Å². The van der Waals surface area contributed by atoms with Crippen LogP contribution in [0.2, 0.25) is 0 Å². The van der Waals surface area contributed by atoms with Crippen molar-refractivity contribution in [1.29, 1.82) is 0 Å². The van der Waals surface area contributed by atoms with Crippen LogP contribution in [0, 0.1) is 0 Å². The van der Waals surface area contributed by atoms with Gasteiger partial charge in [0.1, 0.15) is 6.10 Å². The van der Waals surface area contributed by atoms with Crippen LogP contribution < -0.4 is 0 Å². The van der Waals surface area contributed by atoms with Crippen LogP contribution in [0.15, 0.2) is 0 Å². The Bertz CT molecular complexity index is 220. The fourth-order valence-corrected chi connectivity index (χ4v) is 0.705. The Hall–Kier alpha value is -1.14. The van der Waals surface area contributed by atoms with Crippen molar-refractivity contribution >= 4 is 11.9 Å². The zero-order valence-electron chi connectivity index (χ0n) is 10.3. The number of aliphatic hydroxyl groups excluding tert-OH is 1. The number of carbonyl (C=O) groups is 2. The molecule has 0 aromatic carbocycles. The zero-order valence-corrected chi connectivity index (χ0v) is 10.3. The molecule has 0 saturated heterocycles. The quantitative estimate of drug-likeness (QED) is 0.584. The van der Waals surface area contributed by atoms with E-state index in [0.29, 0.717) is 0 Å². The SMILES string of the molecule is CC(O)C(=O)O.C[N+](C)(C)CCCC(=O)O. The maximum absolute atomic E-state index is 10.1. The van der Waals surface area contributed by atoms with Crippen LogP contribution in [0.3, 0.4) is 0 Å². The number of aliphatic hydroxyl groups is 1. The number of rotatable bonds is 5. The van der Waals surface area contributed by atoms with Gasteiger partial charge in [0, 0.05) is 6.42 Å². The van der Waals surface area contributed by atoms with Crippen molar-refractivity contribution in [2.45, 2.75) is 25.9 Å². The van der Waals surface area contributed by atoms with Gasteiger partial charge in [0.15, 0.2) is 0 Å². The molecule has 0 fully saturated rings. The summed E-state index contributed by atoms with van der Waals surface area (Å²) in [6.07, 6.45) is -0.182. The molecule has 0 bridgehead atoms. The van der Waals surface area contributed by atoms with E-state index >= 15 is 0 Å². The number of nitrogens with zero attached hydrogens (tertiary/aromatic N) is 1. The van der Waals surface area contributed by atoms with E-state index in [9.17, 15) is 9.59 Å². The smallest absolute Gasteiger partial charge is 0.332 e. The van der Waals surface area contributed by atoms with Crippen LogP contribution in [0.1, 0.15) is 19.8 Å². The van der Waals surface area contributed by atoms with Crippen molar-refractivity contribution in [3.05, 3.63) is 0 Å². The van der Waals surface area contributed by atoms with Crippen LogP contribution >= 0.6 is 0 Å². The molecule has 0 radical (unpaired) electrons. The van der Waals surface area contributed by atoms with Gasteiger partial charge in [-0.15, -0.1) is 0 Å². The van der Waals surface area contributed by atoms with E-state index in [1.165, 1.54) is 6.92 Å². The van der Waals surface area contributed by atoms with Gasteiger partial charge in [0.2, 0.25) is 0 Å². The Balaban J connectivity index is 0. The highest BCUT2D eigenvalue weighted by Crippen LogP contribution is 1.96. The Morgan fingerprint density at radius 3 is 1.75 bits per heavy atom. The van der Waals surface area contributed by atoms with Gasteiger partial charge in [0.25, 0.3) is 0 Å². The molecule has 1 unspecified atom stereocenters. The number of aliphatic carboxylic acids is 2. The maximum Gasteiger partial charge on any atom is 0.332 e. The van der Waals surface area contributed by atoms with Crippen molar-refractivity contribution in [3.63, 3.8) is 0 Å². The molecule has 0 aliphatic rings. The third-order valence-electron chi connectivity index (χ3n) is 1.58. The van der Waals surface area contributed by atoms with Crippen LogP contribution in [0.25, 0.3) is 0 Å². The lowest BCUT2D eigenvalue weighted by molar-refractivity contribution is -0.870. The molecule has 0 rings (SSSR count). The van der Waals surface area contributed by atoms with E-state index < -0.39 is 18.0 Å². The largest absolute Gasteiger partial charge is 0.481 e. The van der Waals surface area contributed by atoms with Crippen molar-refractivity contribution in [2.24, 2.45) is 0 Å². The van der Waals surface area contributed by atoms with E-state index in [4.69, 9.17) is 15.3 Å². The average Bonchev–Trinajstić information content (AvgIpc) is 2.01. The van der Waals surface area contributed by atoms with Crippen molar-refractivity contribution < 1.29 is 29.4 Å². The summed E-state index contributed by atoms with van der Waals surface area (Å²) in [6, 6.07) is 0. The minimum atomic E-state index is -1.23. The fraction of sp³-hybridized carbons (Fsp3) is 0.800. The molecule has 0 aliphatic heterocycles. The summed E-state index contributed by atoms with van der Waals surface area (Å²) in [5, 5.41) is 24.1. The summed E-state index contributed by atoms with van der Waals surface area (Å²) < 4.78 is 0.841. The highest BCUT2D eigenvalue weighted by atomic mass is 16.4. The minimum absolute atomic E-state index is 0.287. The summed E-state index contributed by atoms with van der Waals surface area (Å²) in [5.41, 5.74) is 0. The minimum Gasteiger partial charge on any atom is -0.481 e. The summed E-state index contributed by atoms with van der Waals surface area (Å²) >= 11 is 0. The monoisotopic (exact) mass is 236 g/mol. The number of hydrogen-bond donors (Lipinski definition) is 3. The molecule has 0 heterocycles. The first-order valence-corrected chi connectivity index (χ1v) is 4.99. The number of hydrogen-bond acceptors (Lipinski definition) is 3. The molecular weight excluding hydrogens is 214 g/mol. The van der Waals surface area contributed by atoms with Crippen LogP contribution in [0.5, 0.6) is 0 Å². The number of quaternary nitrogens is 1. The summed E-state index contributed by atoms with van der Waals surface area (Å²) in [7, 11) is 6.17. The Morgan fingerprint density at radius 2 is 1.56 bits per heavy atom. The van der Waals surface area contributed by atoms with Gasteiger partial charge in [-0.1, -0.05) is 0 Å². The van der Waals surface area contributed by atoms with Crippen molar-refractivity contribution in [3.8, 4) is 0 Å². The van der Waals surface area contributed by atoms with Gasteiger partial charge in [-0.25, -0.2) is 4.79 Å². The molecular formula is C10H22NO5+. The van der Waals surface area contributed by atoms with Gasteiger partial charge in [0.05, 0.1) is 34.1 Å². The second-order valence-corrected chi connectivity index (χ2v) is 4.53. The second-order valence-electron chi connectivity index (χ2n) is 4.53. The van der Waals surface area contributed by atoms with Gasteiger partial charge in [-0.2, -0.15) is 0 Å². The van der Waals surface area contributed by atoms with E-state index in [1.54, 1.807) is 0 Å². The summed E-state index contributed by atoms with van der Waals surface area (Å²) in [5.74, 6) is -1.89. The second kappa shape index (κ2) is 8.06. The molecule has 0 aromatic rings. The first kappa shape index (κ1) is 17.3. The average molecular weight is 236 g/mol. The Kier molecular flexibility index (Phi) is 8.70. The summed E-state index contributed by atoms with van der Waals surface area (Å²) in [4.78, 5) is 19.5. The molecule has 1 atom stereocenters. The molecule has 96 valence electrons. The Labute approximate surface area is 95.7 Å². The predicted molar refractivity (Wildman–Crippen MR) is 59.1 cm³/mol. The first-order chi connectivity index (χ1) is 7.06. The van der Waals surface area contributed by atoms with Gasteiger partial charge in [-0.05, 0) is 6.92 Å². The molecule has 16 heavy (non-hydrogen) atoms. The lowest BCUT2D eigenvalue weighted by Gasteiger charge is -2.23. The predicted octanol–water partition coefficient (Wildman–Crippen LogP) is 0.00920. The maximum atomic E-state index is 10.1. The number of carboxylic acids is 2. The molecule has 0 amide bonds. The molecule has 6 heteroatoms. The van der Waals surface area contributed by atoms with Gasteiger partial charge in [-0.3, -0.25) is 4.79 Å². The molecule has 0 aromatic heterocycles. The highest BCUT2D eigenvalue weighted by Gasteiger charge is 2.07. The molecule has 0 saturated carbocycles. The Morgan fingerprint density at radius 1 is 1.19 bits per heavy atom. The standard InChI is InChI=1S/C7H15NO2.C3H6O3/c1-8(2,3)6-4-5-7(9)10;1-2(4)3(5)6/h4-6H2,1-3H3;2,4H,1H3,(H,5,6)/p+1. The van der Waals surface area contributed by atoms with Crippen molar-refractivity contribution in [2.75, 3.05) is 27.7 Å².